The van der Waals surface area contributed by atoms with Crippen LogP contribution in [0.2, 0.25) is 0 Å². The van der Waals surface area contributed by atoms with Crippen LogP contribution in [-0.4, -0.2) is 22.0 Å². The van der Waals surface area contributed by atoms with Gasteiger partial charge in [-0.05, 0) is 101 Å². The van der Waals surface area contributed by atoms with Crippen LogP contribution in [0.5, 0.6) is 5.75 Å². The van der Waals surface area contributed by atoms with E-state index in [2.05, 4.69) is 92.0 Å². The Morgan fingerprint density at radius 2 is 1.93 bits per heavy atom. The van der Waals surface area contributed by atoms with Gasteiger partial charge in [0.2, 0.25) is 0 Å². The van der Waals surface area contributed by atoms with Gasteiger partial charge in [0.15, 0.2) is 0 Å². The summed E-state index contributed by atoms with van der Waals surface area (Å²) < 4.78 is 10.3. The van der Waals surface area contributed by atoms with Crippen molar-refractivity contribution in [2.75, 3.05) is 0 Å². The van der Waals surface area contributed by atoms with Gasteiger partial charge in [0, 0.05) is 10.9 Å². The molecular formula is C22H22BrI2N3O2. The highest BCUT2D eigenvalue weighted by Crippen LogP contribution is 2.30. The Morgan fingerprint density at radius 1 is 1.23 bits per heavy atom. The van der Waals surface area contributed by atoms with Crippen LogP contribution < -0.4 is 10.3 Å². The average Bonchev–Trinajstić information content (AvgIpc) is 2.71. The number of nitrogens with zero attached hydrogens (tertiary/aromatic N) is 3. The third-order valence-electron chi connectivity index (χ3n) is 4.59. The van der Waals surface area contributed by atoms with Crippen LogP contribution in [0.4, 0.5) is 0 Å². The molecule has 0 N–H and O–H groups in total. The molecule has 0 aliphatic rings. The molecule has 0 aliphatic carbocycles. The lowest BCUT2D eigenvalue weighted by Gasteiger charge is -2.16. The minimum absolute atomic E-state index is 0.157. The van der Waals surface area contributed by atoms with E-state index in [9.17, 15) is 4.79 Å². The third kappa shape index (κ3) is 5.42. The lowest BCUT2D eigenvalue weighted by molar-refractivity contribution is 0.214. The SMILES string of the molecule is CCCc1nc2ccc(Br)cc2c(=O)n1N=Cc1cc(I)c(O[C@H](C)CC)c(I)c1. The summed E-state index contributed by atoms with van der Waals surface area (Å²) in [5.74, 6) is 1.55. The second-order valence-corrected chi connectivity index (χ2v) is 10.2. The van der Waals surface area contributed by atoms with Crippen molar-refractivity contribution in [3.63, 3.8) is 0 Å². The monoisotopic (exact) mass is 693 g/mol. The van der Waals surface area contributed by atoms with Crippen molar-refractivity contribution >= 4 is 78.2 Å². The lowest BCUT2D eigenvalue weighted by Crippen LogP contribution is -2.22. The first-order valence-corrected chi connectivity index (χ1v) is 12.7. The summed E-state index contributed by atoms with van der Waals surface area (Å²) in [5, 5.41) is 5.06. The molecule has 1 aromatic heterocycles. The van der Waals surface area contributed by atoms with Crippen molar-refractivity contribution in [2.45, 2.75) is 46.1 Å². The Bertz CT molecular complexity index is 1140. The third-order valence-corrected chi connectivity index (χ3v) is 6.68. The van der Waals surface area contributed by atoms with Crippen molar-refractivity contribution in [1.82, 2.24) is 9.66 Å². The number of rotatable bonds is 7. The quantitative estimate of drug-likeness (QED) is 0.213. The summed E-state index contributed by atoms with van der Waals surface area (Å²) in [7, 11) is 0. The van der Waals surface area contributed by atoms with Crippen molar-refractivity contribution in [1.29, 1.82) is 0 Å². The van der Waals surface area contributed by atoms with E-state index < -0.39 is 0 Å². The fourth-order valence-corrected chi connectivity index (χ4v) is 5.31. The van der Waals surface area contributed by atoms with Crippen LogP contribution >= 0.6 is 61.1 Å². The number of benzene rings is 2. The van der Waals surface area contributed by atoms with E-state index in [1.165, 1.54) is 4.68 Å². The van der Waals surface area contributed by atoms with Crippen LogP contribution in [0.25, 0.3) is 10.9 Å². The highest BCUT2D eigenvalue weighted by atomic mass is 127. The second kappa shape index (κ2) is 10.5. The molecule has 5 nitrogen and oxygen atoms in total. The average molecular weight is 694 g/mol. The Balaban J connectivity index is 2.04. The minimum atomic E-state index is -0.165. The highest BCUT2D eigenvalue weighted by molar-refractivity contribution is 14.1. The first kappa shape index (κ1) is 23.6. The molecule has 2 aromatic carbocycles. The Kier molecular flexibility index (Phi) is 8.31. The van der Waals surface area contributed by atoms with Crippen LogP contribution in [0.1, 0.15) is 45.0 Å². The van der Waals surface area contributed by atoms with Crippen molar-refractivity contribution < 1.29 is 4.74 Å². The number of ether oxygens (including phenoxy) is 1. The maximum atomic E-state index is 13.1. The fraction of sp³-hybridized carbons (Fsp3) is 0.318. The molecule has 0 aliphatic heterocycles. The number of halogens is 3. The van der Waals surface area contributed by atoms with Crippen molar-refractivity contribution in [3.05, 3.63) is 63.7 Å². The molecule has 3 rings (SSSR count). The number of hydrogen-bond acceptors (Lipinski definition) is 4. The van der Waals surface area contributed by atoms with E-state index in [1.807, 2.05) is 24.3 Å². The molecule has 30 heavy (non-hydrogen) atoms. The van der Waals surface area contributed by atoms with E-state index in [0.29, 0.717) is 23.1 Å². The standard InChI is InChI=1S/C22H22BrI2N3O2/c1-4-6-20-27-19-8-7-15(23)11-16(19)22(29)28(20)26-12-14-9-17(24)21(18(25)10-14)30-13(3)5-2/h7-13H,4-6H2,1-3H3/t13-/m1/s1. The van der Waals surface area contributed by atoms with E-state index >= 15 is 0 Å². The molecule has 0 saturated heterocycles. The summed E-state index contributed by atoms with van der Waals surface area (Å²) in [6.07, 6.45) is 4.37. The zero-order valence-electron chi connectivity index (χ0n) is 17.0. The number of fused-ring (bicyclic) bond motifs is 1. The van der Waals surface area contributed by atoms with Crippen LogP contribution in [-0.2, 0) is 6.42 Å². The van der Waals surface area contributed by atoms with Crippen LogP contribution in [0.15, 0.2) is 44.7 Å². The number of hydrogen-bond donors (Lipinski definition) is 0. The van der Waals surface area contributed by atoms with E-state index in [1.54, 1.807) is 12.3 Å². The van der Waals surface area contributed by atoms with Gasteiger partial charge in [-0.25, -0.2) is 4.98 Å². The molecule has 8 heteroatoms. The fourth-order valence-electron chi connectivity index (χ4n) is 2.87. The van der Waals surface area contributed by atoms with Gasteiger partial charge in [-0.1, -0.05) is 29.8 Å². The van der Waals surface area contributed by atoms with Gasteiger partial charge in [0.1, 0.15) is 11.6 Å². The molecule has 0 spiro atoms. The maximum Gasteiger partial charge on any atom is 0.282 e. The summed E-state index contributed by atoms with van der Waals surface area (Å²) in [5.41, 5.74) is 1.43. The van der Waals surface area contributed by atoms with Gasteiger partial charge in [-0.2, -0.15) is 9.78 Å². The Morgan fingerprint density at radius 3 is 2.57 bits per heavy atom. The molecule has 1 atom stereocenters. The summed E-state index contributed by atoms with van der Waals surface area (Å²) >= 11 is 7.99. The molecule has 0 unspecified atom stereocenters. The van der Waals surface area contributed by atoms with E-state index in [0.717, 1.165) is 35.8 Å². The first-order valence-electron chi connectivity index (χ1n) is 9.75. The minimum Gasteiger partial charge on any atom is -0.489 e. The molecule has 0 fully saturated rings. The van der Waals surface area contributed by atoms with Gasteiger partial charge in [0.05, 0.1) is 30.4 Å². The predicted molar refractivity (Wildman–Crippen MR) is 143 cm³/mol. The molecule has 3 aromatic rings. The normalized spacial score (nSPS) is 12.6. The van der Waals surface area contributed by atoms with E-state index in [4.69, 9.17) is 4.74 Å². The predicted octanol–water partition coefficient (Wildman–Crippen LogP) is 6.38. The van der Waals surface area contributed by atoms with Gasteiger partial charge >= 0.3 is 0 Å². The zero-order valence-corrected chi connectivity index (χ0v) is 22.9. The second-order valence-electron chi connectivity index (χ2n) is 6.95. The Labute approximate surface area is 211 Å². The molecule has 0 radical (unpaired) electrons. The molecule has 1 heterocycles. The molecule has 0 saturated carbocycles. The zero-order chi connectivity index (χ0) is 21.8. The van der Waals surface area contributed by atoms with Crippen molar-refractivity contribution in [3.8, 4) is 5.75 Å². The van der Waals surface area contributed by atoms with Gasteiger partial charge < -0.3 is 4.74 Å². The maximum absolute atomic E-state index is 13.1. The first-order chi connectivity index (χ1) is 14.3. The number of aryl methyl sites for hydroxylation is 1. The molecular weight excluding hydrogens is 672 g/mol. The summed E-state index contributed by atoms with van der Waals surface area (Å²) in [6, 6.07) is 9.57. The van der Waals surface area contributed by atoms with E-state index in [-0.39, 0.29) is 11.7 Å². The summed E-state index contributed by atoms with van der Waals surface area (Å²) in [4.78, 5) is 17.8. The lowest BCUT2D eigenvalue weighted by atomic mass is 10.2. The number of aromatic nitrogens is 2. The van der Waals surface area contributed by atoms with Crippen LogP contribution in [0.3, 0.4) is 0 Å². The highest BCUT2D eigenvalue weighted by Gasteiger charge is 2.13. The molecule has 0 amide bonds. The largest absolute Gasteiger partial charge is 0.489 e. The van der Waals surface area contributed by atoms with Gasteiger partial charge in [0.25, 0.3) is 5.56 Å². The molecule has 0 bridgehead atoms. The molecule has 158 valence electrons. The van der Waals surface area contributed by atoms with Crippen molar-refractivity contribution in [2.24, 2.45) is 5.10 Å². The van der Waals surface area contributed by atoms with Crippen LogP contribution in [0, 0.1) is 7.14 Å². The van der Waals surface area contributed by atoms with Gasteiger partial charge in [-0.15, -0.1) is 0 Å². The topological polar surface area (TPSA) is 56.5 Å². The summed E-state index contributed by atoms with van der Waals surface area (Å²) in [6.45, 7) is 6.23. The smallest absolute Gasteiger partial charge is 0.282 e. The Hall–Kier alpha value is -1.01. The van der Waals surface area contributed by atoms with Gasteiger partial charge in [-0.3, -0.25) is 4.79 Å².